The van der Waals surface area contributed by atoms with Crippen molar-refractivity contribution >= 4 is 16.9 Å². The molecule has 0 fully saturated rings. The maximum atomic E-state index is 13.0. The Morgan fingerprint density at radius 2 is 2.06 bits per heavy atom. The quantitative estimate of drug-likeness (QED) is 0.797. The van der Waals surface area contributed by atoms with Gasteiger partial charge >= 0.3 is 5.97 Å². The van der Waals surface area contributed by atoms with Crippen molar-refractivity contribution < 1.29 is 14.3 Å². The lowest BCUT2D eigenvalue weighted by Crippen LogP contribution is -1.98. The smallest absolute Gasteiger partial charge is 0.303 e. The highest BCUT2D eigenvalue weighted by molar-refractivity contribution is 5.80. The van der Waals surface area contributed by atoms with Gasteiger partial charge in [0.15, 0.2) is 0 Å². The Kier molecular flexibility index (Phi) is 3.97. The van der Waals surface area contributed by atoms with Gasteiger partial charge in [-0.2, -0.15) is 0 Å². The lowest BCUT2D eigenvalue weighted by Gasteiger charge is -2.05. The molecule has 0 aliphatic heterocycles. The van der Waals surface area contributed by atoms with E-state index in [0.717, 1.165) is 30.3 Å². The minimum Gasteiger partial charge on any atom is -0.481 e. The molecule has 1 heterocycles. The van der Waals surface area contributed by atoms with Crippen LogP contribution in [-0.2, 0) is 11.3 Å². The van der Waals surface area contributed by atoms with E-state index < -0.39 is 5.97 Å². The number of halogens is 1. The molecule has 0 atom stereocenters. The molecule has 0 spiro atoms. The summed E-state index contributed by atoms with van der Waals surface area (Å²) in [5.74, 6) is -0.960. The fraction of sp³-hybridized carbons (Fsp3) is 0.357. The first kappa shape index (κ1) is 12.6. The number of fused-ring (bicyclic) bond motifs is 1. The molecule has 1 aromatic carbocycles. The van der Waals surface area contributed by atoms with Gasteiger partial charge in [-0.3, -0.25) is 4.79 Å². The van der Waals surface area contributed by atoms with Gasteiger partial charge in [0.2, 0.25) is 0 Å². The molecule has 0 unspecified atom stereocenters. The van der Waals surface area contributed by atoms with Crippen molar-refractivity contribution in [3.8, 4) is 0 Å². The molecule has 1 N–H and O–H groups in total. The highest BCUT2D eigenvalue weighted by atomic mass is 19.1. The topological polar surface area (TPSA) is 42.2 Å². The number of carboxylic acids is 1. The average molecular weight is 249 g/mol. The van der Waals surface area contributed by atoms with E-state index in [1.165, 1.54) is 12.1 Å². The molecule has 0 saturated carbocycles. The number of unbranched alkanes of at least 4 members (excludes halogenated alkanes) is 2. The van der Waals surface area contributed by atoms with Crippen LogP contribution < -0.4 is 0 Å². The third kappa shape index (κ3) is 3.09. The highest BCUT2D eigenvalue weighted by Gasteiger charge is 2.02. The summed E-state index contributed by atoms with van der Waals surface area (Å²) in [4.78, 5) is 10.4. The summed E-state index contributed by atoms with van der Waals surface area (Å²) < 4.78 is 15.1. The third-order valence-electron chi connectivity index (χ3n) is 3.02. The van der Waals surface area contributed by atoms with E-state index >= 15 is 0 Å². The van der Waals surface area contributed by atoms with Gasteiger partial charge in [-0.25, -0.2) is 4.39 Å². The third-order valence-corrected chi connectivity index (χ3v) is 3.02. The Morgan fingerprint density at radius 1 is 1.22 bits per heavy atom. The molecule has 18 heavy (non-hydrogen) atoms. The molecule has 96 valence electrons. The van der Waals surface area contributed by atoms with Crippen LogP contribution in [0.3, 0.4) is 0 Å². The first-order chi connectivity index (χ1) is 8.66. The summed E-state index contributed by atoms with van der Waals surface area (Å²) in [6.45, 7) is 0.842. The summed E-state index contributed by atoms with van der Waals surface area (Å²) in [6, 6.07) is 6.66. The molecular formula is C14H16FNO2. The number of carbonyl (C=O) groups is 1. The number of benzene rings is 1. The van der Waals surface area contributed by atoms with E-state index in [9.17, 15) is 9.18 Å². The van der Waals surface area contributed by atoms with Crippen molar-refractivity contribution in [3.63, 3.8) is 0 Å². The molecule has 0 bridgehead atoms. The van der Waals surface area contributed by atoms with E-state index in [1.54, 1.807) is 6.07 Å². The molecule has 0 radical (unpaired) electrons. The van der Waals surface area contributed by atoms with Gasteiger partial charge in [0.05, 0.1) is 0 Å². The summed E-state index contributed by atoms with van der Waals surface area (Å²) in [5.41, 5.74) is 1.02. The summed E-state index contributed by atoms with van der Waals surface area (Å²) in [7, 11) is 0. The van der Waals surface area contributed by atoms with Gasteiger partial charge in [0.25, 0.3) is 0 Å². The van der Waals surface area contributed by atoms with Crippen LogP contribution in [0.2, 0.25) is 0 Å². The van der Waals surface area contributed by atoms with Crippen LogP contribution in [0.1, 0.15) is 25.7 Å². The molecule has 1 aromatic heterocycles. The normalized spacial score (nSPS) is 10.9. The van der Waals surface area contributed by atoms with Crippen molar-refractivity contribution in [3.05, 3.63) is 36.3 Å². The highest BCUT2D eigenvalue weighted by Crippen LogP contribution is 2.17. The number of hydrogen-bond acceptors (Lipinski definition) is 1. The average Bonchev–Trinajstić information content (AvgIpc) is 2.70. The monoisotopic (exact) mass is 249 g/mol. The van der Waals surface area contributed by atoms with E-state index in [1.807, 2.05) is 12.3 Å². The van der Waals surface area contributed by atoms with Crippen LogP contribution >= 0.6 is 0 Å². The van der Waals surface area contributed by atoms with Crippen LogP contribution in [0.4, 0.5) is 4.39 Å². The first-order valence-electron chi connectivity index (χ1n) is 6.13. The minimum atomic E-state index is -0.739. The van der Waals surface area contributed by atoms with Crippen molar-refractivity contribution in [2.24, 2.45) is 0 Å². The van der Waals surface area contributed by atoms with Gasteiger partial charge in [0, 0.05) is 30.1 Å². The molecule has 3 nitrogen and oxygen atoms in total. The fourth-order valence-electron chi connectivity index (χ4n) is 2.10. The SMILES string of the molecule is O=C(O)CCCCCn1ccc2cc(F)ccc21. The number of aryl methyl sites for hydroxylation is 1. The van der Waals surface area contributed by atoms with E-state index in [-0.39, 0.29) is 12.2 Å². The number of rotatable bonds is 6. The van der Waals surface area contributed by atoms with Crippen LogP contribution in [0.25, 0.3) is 10.9 Å². The van der Waals surface area contributed by atoms with E-state index in [4.69, 9.17) is 5.11 Å². The zero-order valence-electron chi connectivity index (χ0n) is 10.1. The molecular weight excluding hydrogens is 233 g/mol. The van der Waals surface area contributed by atoms with Crippen LogP contribution in [-0.4, -0.2) is 15.6 Å². The Morgan fingerprint density at radius 3 is 2.83 bits per heavy atom. The van der Waals surface area contributed by atoms with Crippen molar-refractivity contribution in [2.75, 3.05) is 0 Å². The Hall–Kier alpha value is -1.84. The fourth-order valence-corrected chi connectivity index (χ4v) is 2.10. The van der Waals surface area contributed by atoms with Gasteiger partial charge in [-0.1, -0.05) is 6.42 Å². The lowest BCUT2D eigenvalue weighted by molar-refractivity contribution is -0.137. The minimum absolute atomic E-state index is 0.221. The zero-order valence-corrected chi connectivity index (χ0v) is 10.1. The van der Waals surface area contributed by atoms with Crippen molar-refractivity contribution in [1.82, 2.24) is 4.57 Å². The maximum absolute atomic E-state index is 13.0. The van der Waals surface area contributed by atoms with Gasteiger partial charge < -0.3 is 9.67 Å². The number of aromatic nitrogens is 1. The Bertz CT molecular complexity index is 548. The summed E-state index contributed by atoms with van der Waals surface area (Å²) in [6.07, 6.45) is 4.73. The van der Waals surface area contributed by atoms with Gasteiger partial charge in [-0.05, 0) is 37.1 Å². The van der Waals surface area contributed by atoms with E-state index in [2.05, 4.69) is 4.57 Å². The number of aliphatic carboxylic acids is 1. The van der Waals surface area contributed by atoms with Crippen molar-refractivity contribution in [1.29, 1.82) is 0 Å². The number of nitrogens with zero attached hydrogens (tertiary/aromatic N) is 1. The second-order valence-corrected chi connectivity index (χ2v) is 4.42. The maximum Gasteiger partial charge on any atom is 0.303 e. The number of carboxylic acid groups (broad SMARTS) is 1. The van der Waals surface area contributed by atoms with Gasteiger partial charge in [0.1, 0.15) is 5.82 Å². The van der Waals surface area contributed by atoms with E-state index in [0.29, 0.717) is 6.42 Å². The van der Waals surface area contributed by atoms with Crippen LogP contribution in [0.5, 0.6) is 0 Å². The predicted octanol–water partition coefficient (Wildman–Crippen LogP) is 3.43. The Labute approximate surface area is 105 Å². The predicted molar refractivity (Wildman–Crippen MR) is 68.0 cm³/mol. The molecule has 0 saturated heterocycles. The molecule has 0 aliphatic carbocycles. The second kappa shape index (κ2) is 5.67. The number of hydrogen-bond donors (Lipinski definition) is 1. The summed E-state index contributed by atoms with van der Waals surface area (Å²) in [5, 5.41) is 9.43. The lowest BCUT2D eigenvalue weighted by atomic mass is 10.2. The molecule has 0 aliphatic rings. The van der Waals surface area contributed by atoms with Crippen LogP contribution in [0, 0.1) is 5.82 Å². The largest absolute Gasteiger partial charge is 0.481 e. The van der Waals surface area contributed by atoms with Crippen LogP contribution in [0.15, 0.2) is 30.5 Å². The standard InChI is InChI=1S/C14H16FNO2/c15-12-5-6-13-11(10-12)7-9-16(13)8-3-1-2-4-14(17)18/h5-7,9-10H,1-4,8H2,(H,17,18). The van der Waals surface area contributed by atoms with Crippen molar-refractivity contribution in [2.45, 2.75) is 32.2 Å². The van der Waals surface area contributed by atoms with Gasteiger partial charge in [-0.15, -0.1) is 0 Å². The molecule has 0 amide bonds. The molecule has 4 heteroatoms. The first-order valence-corrected chi connectivity index (χ1v) is 6.13. The molecule has 2 aromatic rings. The second-order valence-electron chi connectivity index (χ2n) is 4.42. The molecule has 2 rings (SSSR count). The zero-order chi connectivity index (χ0) is 13.0. The Balaban J connectivity index is 1.90. The summed E-state index contributed by atoms with van der Waals surface area (Å²) >= 11 is 0.